The van der Waals surface area contributed by atoms with Crippen LogP contribution in [0.4, 0.5) is 5.69 Å². The van der Waals surface area contributed by atoms with Crippen molar-refractivity contribution in [2.24, 2.45) is 0 Å². The van der Waals surface area contributed by atoms with Crippen molar-refractivity contribution in [3.63, 3.8) is 0 Å². The number of aromatic nitrogens is 1. The van der Waals surface area contributed by atoms with Crippen LogP contribution in [0.1, 0.15) is 12.1 Å². The molecule has 1 fully saturated rings. The molecule has 1 aromatic carbocycles. The average molecular weight is 320 g/mol. The van der Waals surface area contributed by atoms with Gasteiger partial charge in [-0.3, -0.25) is 9.78 Å². The number of carbonyl (C=O) groups is 1. The molecule has 2 aromatic rings. The fourth-order valence-electron chi connectivity index (χ4n) is 2.72. The predicted octanol–water partition coefficient (Wildman–Crippen LogP) is 1.46. The summed E-state index contributed by atoms with van der Waals surface area (Å²) < 4.78 is 23.2. The number of carboxylic acids is 1. The minimum atomic E-state index is -2.97. The Kier molecular flexibility index (Phi) is 3.74. The summed E-state index contributed by atoms with van der Waals surface area (Å²) in [5.74, 6) is -0.648. The van der Waals surface area contributed by atoms with Crippen LogP contribution in [0.5, 0.6) is 0 Å². The van der Waals surface area contributed by atoms with Crippen LogP contribution in [-0.2, 0) is 21.1 Å². The molecule has 1 saturated heterocycles. The zero-order valence-corrected chi connectivity index (χ0v) is 12.6. The van der Waals surface area contributed by atoms with Gasteiger partial charge in [-0.25, -0.2) is 8.42 Å². The van der Waals surface area contributed by atoms with Crippen molar-refractivity contribution >= 4 is 32.4 Å². The summed E-state index contributed by atoms with van der Waals surface area (Å²) >= 11 is 0. The number of para-hydroxylation sites is 1. The van der Waals surface area contributed by atoms with Crippen LogP contribution in [0.15, 0.2) is 30.3 Å². The maximum Gasteiger partial charge on any atom is 0.309 e. The molecule has 1 aliphatic rings. The summed E-state index contributed by atoms with van der Waals surface area (Å²) in [5.41, 5.74) is 1.89. The van der Waals surface area contributed by atoms with E-state index in [0.29, 0.717) is 17.6 Å². The standard InChI is InChI=1S/C15H16N2O4S/c18-15(19)8-11-7-14(12-3-1-2-4-13(12)17-11)16-10-5-6-22(20,21)9-10/h1-4,7,10H,5-6,8-9H2,(H,16,17)(H,18,19). The summed E-state index contributed by atoms with van der Waals surface area (Å²) in [4.78, 5) is 15.2. The molecule has 1 aromatic heterocycles. The van der Waals surface area contributed by atoms with Crippen molar-refractivity contribution in [2.45, 2.75) is 18.9 Å². The number of carboxylic acid groups (broad SMARTS) is 1. The topological polar surface area (TPSA) is 96.4 Å². The third-order valence-electron chi connectivity index (χ3n) is 3.69. The Bertz CT molecular complexity index is 833. The summed E-state index contributed by atoms with van der Waals surface area (Å²) in [6, 6.07) is 8.96. The van der Waals surface area contributed by atoms with Crippen LogP contribution >= 0.6 is 0 Å². The molecule has 0 radical (unpaired) electrons. The Morgan fingerprint density at radius 2 is 2.14 bits per heavy atom. The molecule has 7 heteroatoms. The maximum absolute atomic E-state index is 11.6. The van der Waals surface area contributed by atoms with E-state index in [0.717, 1.165) is 11.1 Å². The van der Waals surface area contributed by atoms with Gasteiger partial charge in [-0.15, -0.1) is 0 Å². The molecule has 22 heavy (non-hydrogen) atoms. The van der Waals surface area contributed by atoms with Crippen LogP contribution in [-0.4, -0.2) is 42.0 Å². The van der Waals surface area contributed by atoms with Crippen LogP contribution in [0.2, 0.25) is 0 Å². The molecule has 0 saturated carbocycles. The number of fused-ring (bicyclic) bond motifs is 1. The number of nitrogens with one attached hydrogen (secondary N) is 1. The van der Waals surface area contributed by atoms with Crippen molar-refractivity contribution in [3.8, 4) is 0 Å². The van der Waals surface area contributed by atoms with Gasteiger partial charge in [-0.05, 0) is 18.6 Å². The first-order valence-corrected chi connectivity index (χ1v) is 8.82. The Morgan fingerprint density at radius 3 is 2.82 bits per heavy atom. The second kappa shape index (κ2) is 5.57. The van der Waals surface area contributed by atoms with Gasteiger partial charge in [0.2, 0.25) is 0 Å². The molecule has 0 amide bonds. The molecule has 2 N–H and O–H groups in total. The van der Waals surface area contributed by atoms with E-state index in [2.05, 4.69) is 10.3 Å². The van der Waals surface area contributed by atoms with E-state index < -0.39 is 15.8 Å². The number of pyridine rings is 1. The molecule has 6 nitrogen and oxygen atoms in total. The Balaban J connectivity index is 1.97. The average Bonchev–Trinajstić information content (AvgIpc) is 2.77. The van der Waals surface area contributed by atoms with Crippen molar-refractivity contribution in [1.29, 1.82) is 0 Å². The van der Waals surface area contributed by atoms with E-state index >= 15 is 0 Å². The molecule has 2 heterocycles. The molecule has 1 aliphatic heterocycles. The van der Waals surface area contributed by atoms with E-state index in [1.54, 1.807) is 6.07 Å². The number of hydrogen-bond acceptors (Lipinski definition) is 5. The number of sulfone groups is 1. The van der Waals surface area contributed by atoms with Crippen LogP contribution in [0.25, 0.3) is 10.9 Å². The van der Waals surface area contributed by atoms with E-state index in [1.165, 1.54) is 0 Å². The summed E-state index contributed by atoms with van der Waals surface area (Å²) in [5, 5.41) is 13.0. The number of aliphatic carboxylic acids is 1. The first-order valence-electron chi connectivity index (χ1n) is 7.00. The second-order valence-corrected chi connectivity index (χ2v) is 7.72. The van der Waals surface area contributed by atoms with Crippen molar-refractivity contribution in [3.05, 3.63) is 36.0 Å². The smallest absolute Gasteiger partial charge is 0.309 e. The van der Waals surface area contributed by atoms with Gasteiger partial charge in [0.25, 0.3) is 0 Å². The molecule has 116 valence electrons. The molecule has 1 atom stereocenters. The SMILES string of the molecule is O=C(O)Cc1cc(NC2CCS(=O)(=O)C2)c2ccccc2n1. The van der Waals surface area contributed by atoms with Gasteiger partial charge < -0.3 is 10.4 Å². The number of rotatable bonds is 4. The number of hydrogen-bond donors (Lipinski definition) is 2. The number of benzene rings is 1. The molecule has 0 bridgehead atoms. The molecule has 1 unspecified atom stereocenters. The van der Waals surface area contributed by atoms with Crippen molar-refractivity contribution < 1.29 is 18.3 Å². The zero-order valence-electron chi connectivity index (χ0n) is 11.8. The van der Waals surface area contributed by atoms with Gasteiger partial charge in [-0.1, -0.05) is 18.2 Å². The van der Waals surface area contributed by atoms with Gasteiger partial charge in [0.05, 0.1) is 29.1 Å². The quantitative estimate of drug-likeness (QED) is 0.885. The minimum absolute atomic E-state index is 0.109. The first kappa shape index (κ1) is 14.8. The zero-order chi connectivity index (χ0) is 15.7. The van der Waals surface area contributed by atoms with Crippen LogP contribution in [0, 0.1) is 0 Å². The lowest BCUT2D eigenvalue weighted by Gasteiger charge is -2.15. The molecule has 3 rings (SSSR count). The van der Waals surface area contributed by atoms with Gasteiger partial charge in [-0.2, -0.15) is 0 Å². The molecule has 0 aliphatic carbocycles. The minimum Gasteiger partial charge on any atom is -0.481 e. The molecule has 0 spiro atoms. The fourth-order valence-corrected chi connectivity index (χ4v) is 4.40. The second-order valence-electron chi connectivity index (χ2n) is 5.49. The highest BCUT2D eigenvalue weighted by atomic mass is 32.2. The lowest BCUT2D eigenvalue weighted by Crippen LogP contribution is -2.21. The van der Waals surface area contributed by atoms with E-state index in [-0.39, 0.29) is 24.0 Å². The van der Waals surface area contributed by atoms with Gasteiger partial charge in [0.15, 0.2) is 9.84 Å². The molecular formula is C15H16N2O4S. The van der Waals surface area contributed by atoms with E-state index in [1.807, 2.05) is 24.3 Å². The third-order valence-corrected chi connectivity index (χ3v) is 5.46. The highest BCUT2D eigenvalue weighted by Crippen LogP contribution is 2.26. The summed E-state index contributed by atoms with van der Waals surface area (Å²) in [6.07, 6.45) is 0.399. The maximum atomic E-state index is 11.6. The Hall–Kier alpha value is -2.15. The normalized spacial score (nSPS) is 20.1. The largest absolute Gasteiger partial charge is 0.481 e. The van der Waals surface area contributed by atoms with Gasteiger partial charge >= 0.3 is 5.97 Å². The monoisotopic (exact) mass is 320 g/mol. The van der Waals surface area contributed by atoms with Crippen LogP contribution in [0.3, 0.4) is 0 Å². The summed E-state index contributed by atoms with van der Waals surface area (Å²) in [6.45, 7) is 0. The summed E-state index contributed by atoms with van der Waals surface area (Å²) in [7, 11) is -2.97. The Morgan fingerprint density at radius 1 is 1.36 bits per heavy atom. The number of anilines is 1. The van der Waals surface area contributed by atoms with Gasteiger partial charge in [0, 0.05) is 17.1 Å². The van der Waals surface area contributed by atoms with Gasteiger partial charge in [0.1, 0.15) is 0 Å². The predicted molar refractivity (Wildman–Crippen MR) is 83.8 cm³/mol. The highest BCUT2D eigenvalue weighted by Gasteiger charge is 2.28. The fraction of sp³-hybridized carbons (Fsp3) is 0.333. The lowest BCUT2D eigenvalue weighted by molar-refractivity contribution is -0.136. The first-order chi connectivity index (χ1) is 10.4. The van der Waals surface area contributed by atoms with Crippen molar-refractivity contribution in [1.82, 2.24) is 4.98 Å². The van der Waals surface area contributed by atoms with E-state index in [4.69, 9.17) is 5.11 Å². The number of nitrogens with zero attached hydrogens (tertiary/aromatic N) is 1. The van der Waals surface area contributed by atoms with E-state index in [9.17, 15) is 13.2 Å². The van der Waals surface area contributed by atoms with Crippen molar-refractivity contribution in [2.75, 3.05) is 16.8 Å². The third kappa shape index (κ3) is 3.19. The highest BCUT2D eigenvalue weighted by molar-refractivity contribution is 7.91. The lowest BCUT2D eigenvalue weighted by atomic mass is 10.1. The molecular weight excluding hydrogens is 304 g/mol. The Labute approximate surface area is 128 Å². The van der Waals surface area contributed by atoms with Crippen LogP contribution < -0.4 is 5.32 Å².